The summed E-state index contributed by atoms with van der Waals surface area (Å²) in [6.07, 6.45) is 0. The zero-order valence-corrected chi connectivity index (χ0v) is 19.4. The molecular formula is C22H26N4O5S. The summed E-state index contributed by atoms with van der Waals surface area (Å²) in [5.74, 6) is 1.06. The van der Waals surface area contributed by atoms with E-state index in [9.17, 15) is 14.4 Å². The Bertz CT molecular complexity index is 1220. The van der Waals surface area contributed by atoms with Crippen molar-refractivity contribution in [3.8, 4) is 0 Å². The molecule has 170 valence electrons. The largest absolute Gasteiger partial charge is 0.462 e. The molecule has 0 spiro atoms. The van der Waals surface area contributed by atoms with Gasteiger partial charge in [-0.05, 0) is 45.4 Å². The molecule has 1 unspecified atom stereocenters. The summed E-state index contributed by atoms with van der Waals surface area (Å²) in [5.41, 5.74) is 0.333. The molecule has 3 aromatic heterocycles. The van der Waals surface area contributed by atoms with Crippen molar-refractivity contribution < 1.29 is 18.7 Å². The van der Waals surface area contributed by atoms with Crippen LogP contribution in [0.25, 0.3) is 10.2 Å². The first-order chi connectivity index (χ1) is 15.3. The molecule has 1 atom stereocenters. The molecule has 32 heavy (non-hydrogen) atoms. The summed E-state index contributed by atoms with van der Waals surface area (Å²) in [4.78, 5) is 50.0. The fourth-order valence-electron chi connectivity index (χ4n) is 3.94. The fraction of sp³-hybridized carbons (Fsp3) is 0.455. The van der Waals surface area contributed by atoms with Crippen molar-refractivity contribution in [2.75, 3.05) is 32.8 Å². The highest BCUT2D eigenvalue weighted by Crippen LogP contribution is 2.29. The van der Waals surface area contributed by atoms with E-state index in [1.807, 2.05) is 13.8 Å². The van der Waals surface area contributed by atoms with Gasteiger partial charge in [-0.15, -0.1) is 11.3 Å². The van der Waals surface area contributed by atoms with Crippen molar-refractivity contribution in [3.05, 3.63) is 50.3 Å². The molecule has 1 N–H and O–H groups in total. The van der Waals surface area contributed by atoms with Crippen LogP contribution in [-0.4, -0.2) is 64.4 Å². The minimum Gasteiger partial charge on any atom is -0.462 e. The SMILES string of the molecule is CCOC(=O)c1sc2nc(C(C)N3CCN(C(=O)c4ccc(C)o4)CC3)[nH]c(=O)c2c1C. The number of esters is 1. The van der Waals surface area contributed by atoms with Gasteiger partial charge in [0.1, 0.15) is 21.3 Å². The van der Waals surface area contributed by atoms with Crippen molar-refractivity contribution in [2.45, 2.75) is 33.7 Å². The molecule has 1 amide bonds. The van der Waals surface area contributed by atoms with E-state index in [0.29, 0.717) is 64.2 Å². The number of piperazine rings is 1. The van der Waals surface area contributed by atoms with Crippen LogP contribution in [0.2, 0.25) is 0 Å². The van der Waals surface area contributed by atoms with Gasteiger partial charge in [-0.1, -0.05) is 0 Å². The molecular weight excluding hydrogens is 432 g/mol. The Morgan fingerprint density at radius 3 is 2.59 bits per heavy atom. The summed E-state index contributed by atoms with van der Waals surface area (Å²) in [6.45, 7) is 9.94. The van der Waals surface area contributed by atoms with Crippen LogP contribution < -0.4 is 5.56 Å². The van der Waals surface area contributed by atoms with Gasteiger partial charge in [-0.2, -0.15) is 0 Å². The van der Waals surface area contributed by atoms with Gasteiger partial charge in [0.05, 0.1) is 18.0 Å². The molecule has 1 saturated heterocycles. The van der Waals surface area contributed by atoms with Gasteiger partial charge in [0.2, 0.25) is 0 Å². The maximum absolute atomic E-state index is 12.8. The number of nitrogens with one attached hydrogen (secondary N) is 1. The number of amides is 1. The van der Waals surface area contributed by atoms with Crippen LogP contribution >= 0.6 is 11.3 Å². The smallest absolute Gasteiger partial charge is 0.348 e. The average Bonchev–Trinajstić information content (AvgIpc) is 3.36. The standard InChI is InChI=1S/C22H26N4O5S/c1-5-30-22(29)17-13(3)16-19(27)23-18(24-20(16)32-17)14(4)25-8-10-26(11-9-25)21(28)15-7-6-12(2)31-15/h6-7,14H,5,8-11H2,1-4H3,(H,23,24,27). The van der Waals surface area contributed by atoms with Gasteiger partial charge in [0, 0.05) is 26.2 Å². The van der Waals surface area contributed by atoms with Gasteiger partial charge in [-0.3, -0.25) is 14.5 Å². The number of aryl methyl sites for hydroxylation is 2. The number of hydrogen-bond donors (Lipinski definition) is 1. The van der Waals surface area contributed by atoms with Gasteiger partial charge in [0.15, 0.2) is 5.76 Å². The summed E-state index contributed by atoms with van der Waals surface area (Å²) in [5, 5.41) is 0.429. The minimum absolute atomic E-state index is 0.112. The number of furan rings is 1. The Labute approximate surface area is 189 Å². The minimum atomic E-state index is -0.436. The maximum atomic E-state index is 12.8. The second-order valence-corrected chi connectivity index (χ2v) is 8.82. The molecule has 10 heteroatoms. The highest BCUT2D eigenvalue weighted by Gasteiger charge is 2.28. The molecule has 0 radical (unpaired) electrons. The predicted molar refractivity (Wildman–Crippen MR) is 120 cm³/mol. The number of aromatic amines is 1. The summed E-state index contributed by atoms with van der Waals surface area (Å²) in [6, 6.07) is 3.33. The topological polar surface area (TPSA) is 109 Å². The number of thiophene rings is 1. The maximum Gasteiger partial charge on any atom is 0.348 e. The number of nitrogens with zero attached hydrogens (tertiary/aromatic N) is 3. The van der Waals surface area contributed by atoms with Crippen LogP contribution in [0.4, 0.5) is 0 Å². The van der Waals surface area contributed by atoms with Crippen LogP contribution in [-0.2, 0) is 4.74 Å². The van der Waals surface area contributed by atoms with E-state index < -0.39 is 5.97 Å². The number of H-pyrrole nitrogens is 1. The second-order valence-electron chi connectivity index (χ2n) is 7.82. The summed E-state index contributed by atoms with van der Waals surface area (Å²) < 4.78 is 10.6. The third-order valence-corrected chi connectivity index (χ3v) is 6.94. The Morgan fingerprint density at radius 2 is 1.97 bits per heavy atom. The Morgan fingerprint density at radius 1 is 1.25 bits per heavy atom. The quantitative estimate of drug-likeness (QED) is 0.586. The van der Waals surface area contributed by atoms with Crippen LogP contribution in [0.1, 0.15) is 57.3 Å². The third kappa shape index (κ3) is 4.07. The second kappa shape index (κ2) is 8.87. The van der Waals surface area contributed by atoms with Crippen molar-refractivity contribution in [1.29, 1.82) is 0 Å². The van der Waals surface area contributed by atoms with E-state index >= 15 is 0 Å². The zero-order valence-electron chi connectivity index (χ0n) is 18.6. The highest BCUT2D eigenvalue weighted by atomic mass is 32.1. The van der Waals surface area contributed by atoms with E-state index in [4.69, 9.17) is 9.15 Å². The lowest BCUT2D eigenvalue weighted by atomic mass is 10.2. The fourth-order valence-corrected chi connectivity index (χ4v) is 5.02. The molecule has 0 aromatic carbocycles. The number of aromatic nitrogens is 2. The van der Waals surface area contributed by atoms with Crippen molar-refractivity contribution in [3.63, 3.8) is 0 Å². The molecule has 4 heterocycles. The van der Waals surface area contributed by atoms with E-state index in [0.717, 1.165) is 0 Å². The molecule has 4 rings (SSSR count). The zero-order chi connectivity index (χ0) is 23.0. The van der Waals surface area contributed by atoms with Crippen LogP contribution in [0.5, 0.6) is 0 Å². The molecule has 9 nitrogen and oxygen atoms in total. The number of carbonyl (C=O) groups excluding carboxylic acids is 2. The van der Waals surface area contributed by atoms with Crippen molar-refractivity contribution in [1.82, 2.24) is 19.8 Å². The highest BCUT2D eigenvalue weighted by molar-refractivity contribution is 7.20. The predicted octanol–water partition coefficient (Wildman–Crippen LogP) is 2.89. The van der Waals surface area contributed by atoms with Gasteiger partial charge in [0.25, 0.3) is 11.5 Å². The molecule has 0 aliphatic carbocycles. The Hall–Kier alpha value is -2.98. The molecule has 1 aliphatic heterocycles. The van der Waals surface area contributed by atoms with E-state index in [1.54, 1.807) is 30.9 Å². The molecule has 3 aromatic rings. The first-order valence-corrected chi connectivity index (χ1v) is 11.4. The summed E-state index contributed by atoms with van der Waals surface area (Å²) >= 11 is 1.18. The molecule has 1 fully saturated rings. The number of carbonyl (C=O) groups is 2. The Balaban J connectivity index is 1.50. The van der Waals surface area contributed by atoms with Crippen molar-refractivity contribution in [2.24, 2.45) is 0 Å². The monoisotopic (exact) mass is 458 g/mol. The number of rotatable bonds is 5. The first-order valence-electron chi connectivity index (χ1n) is 10.6. The average molecular weight is 459 g/mol. The lowest BCUT2D eigenvalue weighted by Crippen LogP contribution is -2.49. The number of fused-ring (bicyclic) bond motifs is 1. The van der Waals surface area contributed by atoms with Crippen LogP contribution in [0, 0.1) is 13.8 Å². The van der Waals surface area contributed by atoms with Crippen LogP contribution in [0.3, 0.4) is 0 Å². The molecule has 0 saturated carbocycles. The van der Waals surface area contributed by atoms with E-state index in [-0.39, 0.29) is 24.1 Å². The van der Waals surface area contributed by atoms with E-state index in [2.05, 4.69) is 14.9 Å². The molecule has 0 bridgehead atoms. The summed E-state index contributed by atoms with van der Waals surface area (Å²) in [7, 11) is 0. The van der Waals surface area contributed by atoms with Crippen LogP contribution in [0.15, 0.2) is 21.3 Å². The Kier molecular flexibility index (Phi) is 6.16. The number of hydrogen-bond acceptors (Lipinski definition) is 8. The van der Waals surface area contributed by atoms with Gasteiger partial charge >= 0.3 is 5.97 Å². The lowest BCUT2D eigenvalue weighted by molar-refractivity contribution is 0.0528. The third-order valence-electron chi connectivity index (χ3n) is 5.78. The van der Waals surface area contributed by atoms with Gasteiger partial charge < -0.3 is 19.0 Å². The normalized spacial score (nSPS) is 15.8. The number of ether oxygens (including phenoxy) is 1. The lowest BCUT2D eigenvalue weighted by Gasteiger charge is -2.37. The van der Waals surface area contributed by atoms with Gasteiger partial charge in [-0.25, -0.2) is 9.78 Å². The van der Waals surface area contributed by atoms with Crippen molar-refractivity contribution >= 4 is 33.4 Å². The van der Waals surface area contributed by atoms with E-state index in [1.165, 1.54) is 11.3 Å². The molecule has 1 aliphatic rings. The first kappa shape index (κ1) is 22.2.